The number of benzene rings is 1. The number of piperazine rings is 1. The molecule has 21 heavy (non-hydrogen) atoms. The van der Waals surface area contributed by atoms with Gasteiger partial charge < -0.3 is 5.32 Å². The quantitative estimate of drug-likeness (QED) is 0.779. The predicted octanol–water partition coefficient (Wildman–Crippen LogP) is 2.71. The Labute approximate surface area is 130 Å². The summed E-state index contributed by atoms with van der Waals surface area (Å²) in [5, 5.41) is 3.53. The summed E-state index contributed by atoms with van der Waals surface area (Å²) in [6.07, 6.45) is 1.19. The SMILES string of the molecule is CCCNCc1ccccc1CN1CCN(CC)C(C)C1. The zero-order valence-electron chi connectivity index (χ0n) is 13.9. The maximum absolute atomic E-state index is 3.53. The van der Waals surface area contributed by atoms with Crippen LogP contribution < -0.4 is 5.32 Å². The summed E-state index contributed by atoms with van der Waals surface area (Å²) in [4.78, 5) is 5.18. The summed E-state index contributed by atoms with van der Waals surface area (Å²) in [5.74, 6) is 0. The van der Waals surface area contributed by atoms with Gasteiger partial charge in [-0.2, -0.15) is 0 Å². The third-order valence-corrected chi connectivity index (χ3v) is 4.51. The summed E-state index contributed by atoms with van der Waals surface area (Å²) in [6, 6.07) is 9.56. The van der Waals surface area contributed by atoms with E-state index in [1.807, 2.05) is 0 Å². The molecule has 1 aromatic rings. The second-order valence-corrected chi connectivity index (χ2v) is 6.16. The summed E-state index contributed by atoms with van der Waals surface area (Å²) < 4.78 is 0. The van der Waals surface area contributed by atoms with Gasteiger partial charge in [0.1, 0.15) is 0 Å². The molecule has 0 bridgehead atoms. The average Bonchev–Trinajstić information content (AvgIpc) is 2.49. The van der Waals surface area contributed by atoms with Crippen LogP contribution in [0.15, 0.2) is 24.3 Å². The third kappa shape index (κ3) is 4.80. The van der Waals surface area contributed by atoms with Crippen molar-refractivity contribution >= 4 is 0 Å². The molecule has 1 fully saturated rings. The van der Waals surface area contributed by atoms with E-state index in [2.05, 4.69) is 60.2 Å². The van der Waals surface area contributed by atoms with Crippen LogP contribution >= 0.6 is 0 Å². The minimum atomic E-state index is 0.675. The molecule has 1 N–H and O–H groups in total. The van der Waals surface area contributed by atoms with E-state index < -0.39 is 0 Å². The summed E-state index contributed by atoms with van der Waals surface area (Å²) in [6.45, 7) is 14.8. The first-order chi connectivity index (χ1) is 10.2. The monoisotopic (exact) mass is 289 g/mol. The Bertz CT molecular complexity index is 419. The Morgan fingerprint density at radius 1 is 1.14 bits per heavy atom. The van der Waals surface area contributed by atoms with Crippen LogP contribution in [0, 0.1) is 0 Å². The highest BCUT2D eigenvalue weighted by Crippen LogP contribution is 2.16. The first kappa shape index (κ1) is 16.5. The Hall–Kier alpha value is -0.900. The Morgan fingerprint density at radius 2 is 1.90 bits per heavy atom. The highest BCUT2D eigenvalue weighted by molar-refractivity contribution is 5.27. The van der Waals surface area contributed by atoms with Crippen molar-refractivity contribution in [1.82, 2.24) is 15.1 Å². The zero-order chi connectivity index (χ0) is 15.1. The van der Waals surface area contributed by atoms with Crippen LogP contribution in [0.4, 0.5) is 0 Å². The van der Waals surface area contributed by atoms with E-state index in [1.165, 1.54) is 43.7 Å². The zero-order valence-corrected chi connectivity index (χ0v) is 13.9. The molecular weight excluding hydrogens is 258 g/mol. The van der Waals surface area contributed by atoms with E-state index in [1.54, 1.807) is 0 Å². The van der Waals surface area contributed by atoms with Gasteiger partial charge in [-0.05, 0) is 37.6 Å². The Balaban J connectivity index is 1.93. The number of nitrogens with zero attached hydrogens (tertiary/aromatic N) is 2. The van der Waals surface area contributed by atoms with Gasteiger partial charge in [-0.25, -0.2) is 0 Å². The molecule has 3 heteroatoms. The first-order valence-electron chi connectivity index (χ1n) is 8.48. The molecule has 1 unspecified atom stereocenters. The molecule has 1 aromatic carbocycles. The number of hydrogen-bond acceptors (Lipinski definition) is 3. The molecule has 1 saturated heterocycles. The Morgan fingerprint density at radius 3 is 2.57 bits per heavy atom. The van der Waals surface area contributed by atoms with Gasteiger partial charge in [0, 0.05) is 38.8 Å². The average molecular weight is 289 g/mol. The first-order valence-corrected chi connectivity index (χ1v) is 8.48. The molecule has 1 atom stereocenters. The van der Waals surface area contributed by atoms with Crippen molar-refractivity contribution in [3.8, 4) is 0 Å². The van der Waals surface area contributed by atoms with E-state index in [4.69, 9.17) is 0 Å². The van der Waals surface area contributed by atoms with E-state index in [9.17, 15) is 0 Å². The largest absolute Gasteiger partial charge is 0.313 e. The second kappa shape index (κ2) is 8.52. The predicted molar refractivity (Wildman–Crippen MR) is 90.4 cm³/mol. The lowest BCUT2D eigenvalue weighted by atomic mass is 10.1. The van der Waals surface area contributed by atoms with Gasteiger partial charge in [0.25, 0.3) is 0 Å². The molecule has 3 nitrogen and oxygen atoms in total. The standard InChI is InChI=1S/C18H31N3/c1-4-10-19-13-17-8-6-7-9-18(17)15-20-11-12-21(5-2)16(3)14-20/h6-9,16,19H,4-5,10-15H2,1-3H3. The minimum absolute atomic E-state index is 0.675. The number of rotatable bonds is 7. The van der Waals surface area contributed by atoms with Crippen molar-refractivity contribution in [1.29, 1.82) is 0 Å². The van der Waals surface area contributed by atoms with Gasteiger partial charge in [0.15, 0.2) is 0 Å². The van der Waals surface area contributed by atoms with Crippen molar-refractivity contribution < 1.29 is 0 Å². The van der Waals surface area contributed by atoms with Crippen LogP contribution in [0.3, 0.4) is 0 Å². The van der Waals surface area contributed by atoms with Gasteiger partial charge in [-0.3, -0.25) is 9.80 Å². The normalized spacial score (nSPS) is 20.8. The molecule has 0 saturated carbocycles. The molecule has 1 aliphatic rings. The van der Waals surface area contributed by atoms with Crippen molar-refractivity contribution in [2.45, 2.75) is 46.3 Å². The molecule has 2 rings (SSSR count). The van der Waals surface area contributed by atoms with Crippen molar-refractivity contribution in [2.24, 2.45) is 0 Å². The number of nitrogens with one attached hydrogen (secondary N) is 1. The summed E-state index contributed by atoms with van der Waals surface area (Å²) in [5.41, 5.74) is 2.94. The van der Waals surface area contributed by atoms with Crippen LogP contribution in [-0.4, -0.2) is 48.6 Å². The van der Waals surface area contributed by atoms with Crippen LogP contribution in [-0.2, 0) is 13.1 Å². The molecule has 0 spiro atoms. The highest BCUT2D eigenvalue weighted by atomic mass is 15.3. The molecule has 0 amide bonds. The van der Waals surface area contributed by atoms with Crippen molar-refractivity contribution in [3.63, 3.8) is 0 Å². The fraction of sp³-hybridized carbons (Fsp3) is 0.667. The maximum Gasteiger partial charge on any atom is 0.0238 e. The fourth-order valence-electron chi connectivity index (χ4n) is 3.21. The third-order valence-electron chi connectivity index (χ3n) is 4.51. The highest BCUT2D eigenvalue weighted by Gasteiger charge is 2.22. The van der Waals surface area contributed by atoms with E-state index in [0.717, 1.165) is 19.6 Å². The van der Waals surface area contributed by atoms with Crippen LogP contribution in [0.5, 0.6) is 0 Å². The number of likely N-dealkylation sites (N-methyl/N-ethyl adjacent to an activating group) is 1. The maximum atomic E-state index is 3.53. The topological polar surface area (TPSA) is 18.5 Å². The van der Waals surface area contributed by atoms with Crippen LogP contribution in [0.1, 0.15) is 38.3 Å². The van der Waals surface area contributed by atoms with Gasteiger partial charge >= 0.3 is 0 Å². The van der Waals surface area contributed by atoms with Gasteiger partial charge in [0.05, 0.1) is 0 Å². The summed E-state index contributed by atoms with van der Waals surface area (Å²) in [7, 11) is 0. The fourth-order valence-corrected chi connectivity index (χ4v) is 3.21. The molecule has 0 radical (unpaired) electrons. The van der Waals surface area contributed by atoms with E-state index >= 15 is 0 Å². The van der Waals surface area contributed by atoms with Gasteiger partial charge in [-0.1, -0.05) is 38.1 Å². The van der Waals surface area contributed by atoms with Gasteiger partial charge in [-0.15, -0.1) is 0 Å². The van der Waals surface area contributed by atoms with Crippen LogP contribution in [0.2, 0.25) is 0 Å². The number of hydrogen-bond donors (Lipinski definition) is 1. The van der Waals surface area contributed by atoms with E-state index in [0.29, 0.717) is 6.04 Å². The Kier molecular flexibility index (Phi) is 6.68. The van der Waals surface area contributed by atoms with Crippen LogP contribution in [0.25, 0.3) is 0 Å². The molecule has 1 aliphatic heterocycles. The molecular formula is C18H31N3. The van der Waals surface area contributed by atoms with Crippen molar-refractivity contribution in [2.75, 3.05) is 32.7 Å². The smallest absolute Gasteiger partial charge is 0.0238 e. The second-order valence-electron chi connectivity index (χ2n) is 6.16. The minimum Gasteiger partial charge on any atom is -0.313 e. The lowest BCUT2D eigenvalue weighted by Crippen LogP contribution is -2.51. The summed E-state index contributed by atoms with van der Waals surface area (Å²) >= 11 is 0. The molecule has 0 aliphatic carbocycles. The lowest BCUT2D eigenvalue weighted by molar-refractivity contribution is 0.0832. The molecule has 118 valence electrons. The lowest BCUT2D eigenvalue weighted by Gasteiger charge is -2.39. The molecule has 1 heterocycles. The van der Waals surface area contributed by atoms with Gasteiger partial charge in [0.2, 0.25) is 0 Å². The van der Waals surface area contributed by atoms with E-state index in [-0.39, 0.29) is 0 Å². The van der Waals surface area contributed by atoms with Crippen molar-refractivity contribution in [3.05, 3.63) is 35.4 Å². The molecule has 0 aromatic heterocycles.